The highest BCUT2D eigenvalue weighted by atomic mass is 35.5. The fraction of sp³-hybridized carbons (Fsp3) is 0.571. The lowest BCUT2D eigenvalue weighted by atomic mass is 10.3. The minimum Gasteiger partial charge on any atom is -0.478 e. The Kier molecular flexibility index (Phi) is 22.2. The predicted octanol–water partition coefficient (Wildman–Crippen LogP) is 1.73. The summed E-state index contributed by atoms with van der Waals surface area (Å²) in [5, 5.41) is 16.6. The molecule has 0 aliphatic heterocycles. The average Bonchev–Trinajstić information content (AvgIpc) is 2.25. The Morgan fingerprint density at radius 2 is 1.43 bits per heavy atom. The maximum Gasteiger partial charge on any atom is 0.333 e. The Bertz CT molecular complexity index is 313. The molecule has 0 aromatic rings. The minimum absolute atomic E-state index is 0. The second-order valence-electron chi connectivity index (χ2n) is 4.65. The van der Waals surface area contributed by atoms with Gasteiger partial charge in [0.05, 0.1) is 6.10 Å². The molecule has 126 valence electrons. The molecule has 0 fully saturated rings. The molecule has 0 aliphatic rings. The molecule has 7 heteroatoms. The standard InChI is InChI=1S/C7H12O3.C4H6O2.C3H9N.ClH/c1-5(2)7(9)10-4-6(3)8;1-3(2)4(5)6;1-4(2)3;/h6,8H,1,4H2,2-3H3;1H2,2H3,(H,5,6);1-3H3;1H. The molecule has 0 heterocycles. The van der Waals surface area contributed by atoms with Crippen molar-refractivity contribution in [1.82, 2.24) is 4.90 Å². The Balaban J connectivity index is -0.000000113. The Labute approximate surface area is 133 Å². The molecule has 0 rings (SSSR count). The third kappa shape index (κ3) is 38.1. The van der Waals surface area contributed by atoms with Gasteiger partial charge in [-0.05, 0) is 41.9 Å². The number of ether oxygens (including phenoxy) is 1. The number of carboxylic acid groups (broad SMARTS) is 1. The van der Waals surface area contributed by atoms with E-state index in [-0.39, 0.29) is 24.6 Å². The number of aliphatic hydroxyl groups is 1. The lowest BCUT2D eigenvalue weighted by Gasteiger charge is -2.04. The quantitative estimate of drug-likeness (QED) is 0.604. The number of halogens is 1. The van der Waals surface area contributed by atoms with E-state index < -0.39 is 18.0 Å². The molecule has 0 saturated heterocycles. The summed E-state index contributed by atoms with van der Waals surface area (Å²) in [6, 6.07) is 0. The van der Waals surface area contributed by atoms with Crippen LogP contribution in [0.1, 0.15) is 20.8 Å². The first-order chi connectivity index (χ1) is 8.91. The predicted molar refractivity (Wildman–Crippen MR) is 86.8 cm³/mol. The molecule has 1 atom stereocenters. The van der Waals surface area contributed by atoms with E-state index >= 15 is 0 Å². The molecule has 6 nitrogen and oxygen atoms in total. The molecule has 0 amide bonds. The van der Waals surface area contributed by atoms with Gasteiger partial charge in [0.15, 0.2) is 0 Å². The maximum absolute atomic E-state index is 10.6. The summed E-state index contributed by atoms with van der Waals surface area (Å²) in [4.78, 5) is 22.2. The molecule has 0 spiro atoms. The van der Waals surface area contributed by atoms with Crippen LogP contribution >= 0.6 is 12.4 Å². The highest BCUT2D eigenvalue weighted by Crippen LogP contribution is 1.92. The van der Waals surface area contributed by atoms with Crippen LogP contribution in [0.15, 0.2) is 24.3 Å². The third-order valence-corrected chi connectivity index (χ3v) is 1.17. The van der Waals surface area contributed by atoms with Gasteiger partial charge in [0.2, 0.25) is 0 Å². The number of hydrogen-bond acceptors (Lipinski definition) is 5. The normalized spacial score (nSPS) is 9.71. The number of aliphatic hydroxyl groups excluding tert-OH is 1. The number of rotatable bonds is 4. The van der Waals surface area contributed by atoms with Crippen LogP contribution in [0.4, 0.5) is 0 Å². The van der Waals surface area contributed by atoms with Crippen LogP contribution in [-0.4, -0.2) is 60.9 Å². The summed E-state index contributed by atoms with van der Waals surface area (Å²) in [6.07, 6.45) is -0.608. The lowest BCUT2D eigenvalue weighted by molar-refractivity contribution is -0.141. The van der Waals surface area contributed by atoms with Gasteiger partial charge in [0.25, 0.3) is 0 Å². The van der Waals surface area contributed by atoms with Gasteiger partial charge in [0, 0.05) is 11.1 Å². The molecule has 21 heavy (non-hydrogen) atoms. The molecular formula is C14H28ClNO5. The van der Waals surface area contributed by atoms with E-state index in [1.165, 1.54) is 6.92 Å². The average molecular weight is 326 g/mol. The van der Waals surface area contributed by atoms with Gasteiger partial charge >= 0.3 is 11.9 Å². The summed E-state index contributed by atoms with van der Waals surface area (Å²) in [6.45, 7) is 11.1. The van der Waals surface area contributed by atoms with Gasteiger partial charge in [-0.1, -0.05) is 13.2 Å². The van der Waals surface area contributed by atoms with Gasteiger partial charge in [-0.15, -0.1) is 12.4 Å². The summed E-state index contributed by atoms with van der Waals surface area (Å²) < 4.78 is 4.58. The topological polar surface area (TPSA) is 87.1 Å². The van der Waals surface area contributed by atoms with Crippen molar-refractivity contribution in [3.63, 3.8) is 0 Å². The van der Waals surface area contributed by atoms with Crippen LogP contribution in [0.2, 0.25) is 0 Å². The first-order valence-electron chi connectivity index (χ1n) is 5.92. The zero-order chi connectivity index (χ0) is 16.9. The second-order valence-corrected chi connectivity index (χ2v) is 4.65. The highest BCUT2D eigenvalue weighted by Gasteiger charge is 2.03. The van der Waals surface area contributed by atoms with Crippen LogP contribution < -0.4 is 0 Å². The third-order valence-electron chi connectivity index (χ3n) is 1.17. The van der Waals surface area contributed by atoms with Crippen LogP contribution in [0.3, 0.4) is 0 Å². The first-order valence-corrected chi connectivity index (χ1v) is 5.92. The number of nitrogens with zero attached hydrogens (tertiary/aromatic N) is 1. The van der Waals surface area contributed by atoms with E-state index in [2.05, 4.69) is 17.9 Å². The fourth-order valence-electron chi connectivity index (χ4n) is 0.319. The van der Waals surface area contributed by atoms with Crippen LogP contribution in [0, 0.1) is 0 Å². The van der Waals surface area contributed by atoms with Crippen molar-refractivity contribution in [3.05, 3.63) is 24.3 Å². The van der Waals surface area contributed by atoms with Crippen LogP contribution in [0.25, 0.3) is 0 Å². The van der Waals surface area contributed by atoms with E-state index in [1.807, 2.05) is 26.0 Å². The second kappa shape index (κ2) is 16.7. The smallest absolute Gasteiger partial charge is 0.333 e. The summed E-state index contributed by atoms with van der Waals surface area (Å²) in [5.74, 6) is -1.39. The largest absolute Gasteiger partial charge is 0.478 e. The summed E-state index contributed by atoms with van der Waals surface area (Å²) in [7, 11) is 6.00. The first kappa shape index (κ1) is 27.9. The van der Waals surface area contributed by atoms with E-state index in [0.29, 0.717) is 5.57 Å². The van der Waals surface area contributed by atoms with E-state index in [0.717, 1.165) is 0 Å². The minimum atomic E-state index is -0.935. The van der Waals surface area contributed by atoms with Crippen molar-refractivity contribution in [2.24, 2.45) is 0 Å². The maximum atomic E-state index is 10.6. The van der Waals surface area contributed by atoms with Crippen molar-refractivity contribution < 1.29 is 24.5 Å². The van der Waals surface area contributed by atoms with Crippen molar-refractivity contribution in [1.29, 1.82) is 0 Å². The molecule has 0 aromatic heterocycles. The van der Waals surface area contributed by atoms with Gasteiger partial charge in [-0.2, -0.15) is 0 Å². The Hall–Kier alpha value is -1.37. The van der Waals surface area contributed by atoms with Crippen molar-refractivity contribution in [2.45, 2.75) is 26.9 Å². The zero-order valence-corrected chi connectivity index (χ0v) is 14.5. The fourth-order valence-corrected chi connectivity index (χ4v) is 0.319. The number of carboxylic acids is 1. The van der Waals surface area contributed by atoms with Crippen molar-refractivity contribution in [2.75, 3.05) is 27.7 Å². The Morgan fingerprint density at radius 1 is 1.14 bits per heavy atom. The van der Waals surface area contributed by atoms with Gasteiger partial charge in [-0.25, -0.2) is 9.59 Å². The molecule has 0 radical (unpaired) electrons. The van der Waals surface area contributed by atoms with Crippen molar-refractivity contribution in [3.8, 4) is 0 Å². The number of hydrogen-bond donors (Lipinski definition) is 2. The molecule has 1 unspecified atom stereocenters. The van der Waals surface area contributed by atoms with Crippen LogP contribution in [-0.2, 0) is 14.3 Å². The van der Waals surface area contributed by atoms with Gasteiger partial charge < -0.3 is 19.8 Å². The Morgan fingerprint density at radius 3 is 1.57 bits per heavy atom. The molecule has 0 aliphatic carbocycles. The number of esters is 1. The van der Waals surface area contributed by atoms with Gasteiger partial charge in [-0.3, -0.25) is 0 Å². The SMILES string of the molecule is C=C(C)C(=O)O.C=C(C)C(=O)OCC(C)O.CN(C)C.Cl. The van der Waals surface area contributed by atoms with Crippen LogP contribution in [0.5, 0.6) is 0 Å². The van der Waals surface area contributed by atoms with E-state index in [1.54, 1.807) is 13.8 Å². The number of aliphatic carboxylic acids is 1. The monoisotopic (exact) mass is 325 g/mol. The summed E-state index contributed by atoms with van der Waals surface area (Å²) >= 11 is 0. The van der Waals surface area contributed by atoms with Gasteiger partial charge in [0.1, 0.15) is 6.61 Å². The number of carbonyl (C=O) groups is 2. The zero-order valence-electron chi connectivity index (χ0n) is 13.7. The summed E-state index contributed by atoms with van der Waals surface area (Å²) in [5.41, 5.74) is 0.524. The molecular weight excluding hydrogens is 298 g/mol. The highest BCUT2D eigenvalue weighted by molar-refractivity contribution is 5.87. The molecule has 0 aromatic carbocycles. The lowest BCUT2D eigenvalue weighted by Crippen LogP contribution is -2.15. The molecule has 0 saturated carbocycles. The van der Waals surface area contributed by atoms with Crippen molar-refractivity contribution >= 4 is 24.3 Å². The van der Waals surface area contributed by atoms with E-state index in [9.17, 15) is 9.59 Å². The molecule has 0 bridgehead atoms. The molecule has 2 N–H and O–H groups in total. The number of carbonyl (C=O) groups excluding carboxylic acids is 1. The van der Waals surface area contributed by atoms with E-state index in [4.69, 9.17) is 10.2 Å².